The van der Waals surface area contributed by atoms with E-state index in [1.807, 2.05) is 0 Å². The molecule has 0 heterocycles. The van der Waals surface area contributed by atoms with Gasteiger partial charge in [0.25, 0.3) is 0 Å². The Labute approximate surface area is 132 Å². The topological polar surface area (TPSA) is 40.5 Å². The van der Waals surface area contributed by atoms with Crippen molar-refractivity contribution in [1.29, 1.82) is 0 Å². The minimum Gasteiger partial charge on any atom is -0.396 e. The molecule has 126 valence electrons. The highest BCUT2D eigenvalue weighted by Crippen LogP contribution is 2.35. The number of hydrogen-bond donors (Lipinski definition) is 2. The first kappa shape index (κ1) is 19.0. The van der Waals surface area contributed by atoms with Crippen molar-refractivity contribution in [2.75, 3.05) is 13.2 Å². The fraction of sp³-hybridized carbons (Fsp3) is 1.00. The Morgan fingerprint density at radius 1 is 0.762 bits per heavy atom. The zero-order valence-electron chi connectivity index (χ0n) is 14.2. The molecule has 2 N–H and O–H groups in total. The van der Waals surface area contributed by atoms with Gasteiger partial charge in [0.1, 0.15) is 0 Å². The zero-order valence-corrected chi connectivity index (χ0v) is 14.2. The van der Waals surface area contributed by atoms with Crippen LogP contribution < -0.4 is 0 Å². The minimum absolute atomic E-state index is 0.133. The maximum Gasteiger partial charge on any atom is 0.0483 e. The fourth-order valence-electron chi connectivity index (χ4n) is 3.87. The summed E-state index contributed by atoms with van der Waals surface area (Å²) in [5.41, 5.74) is 0. The Kier molecular flexibility index (Phi) is 11.3. The molecule has 0 aromatic heterocycles. The Bertz CT molecular complexity index is 218. The van der Waals surface area contributed by atoms with Gasteiger partial charge in [0.05, 0.1) is 0 Å². The van der Waals surface area contributed by atoms with E-state index in [9.17, 15) is 10.2 Å². The van der Waals surface area contributed by atoms with Crippen LogP contribution in [0.4, 0.5) is 0 Å². The molecule has 1 aliphatic carbocycles. The van der Waals surface area contributed by atoms with Crippen LogP contribution in [0, 0.1) is 17.8 Å². The average Bonchev–Trinajstić information content (AvgIpc) is 2.52. The second-order valence-corrected chi connectivity index (χ2v) is 7.17. The third kappa shape index (κ3) is 8.21. The van der Waals surface area contributed by atoms with Gasteiger partial charge in [-0.05, 0) is 24.7 Å². The quantitative estimate of drug-likeness (QED) is 0.502. The van der Waals surface area contributed by atoms with Gasteiger partial charge in [0.2, 0.25) is 0 Å². The number of hydrogen-bond acceptors (Lipinski definition) is 2. The van der Waals surface area contributed by atoms with Gasteiger partial charge in [-0.3, -0.25) is 0 Å². The molecule has 2 heteroatoms. The molecule has 0 aliphatic heterocycles. The van der Waals surface area contributed by atoms with Crippen LogP contribution in [0.3, 0.4) is 0 Å². The molecule has 1 aliphatic rings. The molecule has 0 radical (unpaired) electrons. The number of rotatable bonds is 12. The Morgan fingerprint density at radius 3 is 1.81 bits per heavy atom. The van der Waals surface area contributed by atoms with Crippen LogP contribution in [0.15, 0.2) is 0 Å². The molecule has 1 saturated carbocycles. The van der Waals surface area contributed by atoms with E-state index in [0.29, 0.717) is 5.92 Å². The minimum atomic E-state index is 0.133. The van der Waals surface area contributed by atoms with Crippen LogP contribution in [0.1, 0.15) is 90.4 Å². The van der Waals surface area contributed by atoms with Crippen LogP contribution in [0.5, 0.6) is 0 Å². The molecule has 0 atom stereocenters. The lowest BCUT2D eigenvalue weighted by Crippen LogP contribution is -2.26. The third-order valence-electron chi connectivity index (χ3n) is 5.49. The molecule has 0 unspecified atom stereocenters. The van der Waals surface area contributed by atoms with E-state index >= 15 is 0 Å². The fourth-order valence-corrected chi connectivity index (χ4v) is 3.87. The number of unbranched alkanes of at least 4 members (excludes halogenated alkanes) is 7. The molecular formula is C19H38O2. The summed E-state index contributed by atoms with van der Waals surface area (Å²) in [6, 6.07) is 0. The SMILES string of the molecule is CCCCCCCCCC[C@H]1CC[C@H](C(CO)CO)CC1. The van der Waals surface area contributed by atoms with Gasteiger partial charge < -0.3 is 10.2 Å². The van der Waals surface area contributed by atoms with E-state index in [1.54, 1.807) is 0 Å². The van der Waals surface area contributed by atoms with Gasteiger partial charge in [-0.25, -0.2) is 0 Å². The zero-order chi connectivity index (χ0) is 15.3. The van der Waals surface area contributed by atoms with Crippen LogP contribution in [0.25, 0.3) is 0 Å². The summed E-state index contributed by atoms with van der Waals surface area (Å²) in [5, 5.41) is 18.5. The molecule has 0 aromatic carbocycles. The highest BCUT2D eigenvalue weighted by Gasteiger charge is 2.26. The largest absolute Gasteiger partial charge is 0.396 e. The van der Waals surface area contributed by atoms with Crippen molar-refractivity contribution in [2.24, 2.45) is 17.8 Å². The van der Waals surface area contributed by atoms with Gasteiger partial charge in [0, 0.05) is 19.1 Å². The normalized spacial score (nSPS) is 22.9. The monoisotopic (exact) mass is 298 g/mol. The van der Waals surface area contributed by atoms with E-state index in [2.05, 4.69) is 6.92 Å². The summed E-state index contributed by atoms with van der Waals surface area (Å²) < 4.78 is 0. The van der Waals surface area contributed by atoms with E-state index in [0.717, 1.165) is 5.92 Å². The lowest BCUT2D eigenvalue weighted by atomic mass is 9.75. The smallest absolute Gasteiger partial charge is 0.0483 e. The summed E-state index contributed by atoms with van der Waals surface area (Å²) in [4.78, 5) is 0. The van der Waals surface area contributed by atoms with Crippen molar-refractivity contribution in [2.45, 2.75) is 90.4 Å². The van der Waals surface area contributed by atoms with Crippen molar-refractivity contribution in [3.05, 3.63) is 0 Å². The summed E-state index contributed by atoms with van der Waals surface area (Å²) in [5.74, 6) is 1.61. The van der Waals surface area contributed by atoms with Gasteiger partial charge in [-0.2, -0.15) is 0 Å². The molecule has 1 fully saturated rings. The van der Waals surface area contributed by atoms with Gasteiger partial charge in [0.15, 0.2) is 0 Å². The maximum atomic E-state index is 9.26. The third-order valence-corrected chi connectivity index (χ3v) is 5.49. The Morgan fingerprint density at radius 2 is 1.29 bits per heavy atom. The van der Waals surface area contributed by atoms with Crippen LogP contribution in [-0.4, -0.2) is 23.4 Å². The lowest BCUT2D eigenvalue weighted by molar-refractivity contribution is 0.0781. The summed E-state index contributed by atoms with van der Waals surface area (Å²) in [6.45, 7) is 2.59. The highest BCUT2D eigenvalue weighted by atomic mass is 16.3. The maximum absolute atomic E-state index is 9.26. The first-order chi connectivity index (χ1) is 10.3. The summed E-state index contributed by atoms with van der Waals surface area (Å²) in [6.07, 6.45) is 17.8. The highest BCUT2D eigenvalue weighted by molar-refractivity contribution is 4.77. The Balaban J connectivity index is 1.96. The van der Waals surface area contributed by atoms with Crippen LogP contribution in [0.2, 0.25) is 0 Å². The van der Waals surface area contributed by atoms with Crippen molar-refractivity contribution >= 4 is 0 Å². The summed E-state index contributed by atoms with van der Waals surface area (Å²) >= 11 is 0. The number of aliphatic hydroxyl groups is 2. The molecule has 0 aromatic rings. The van der Waals surface area contributed by atoms with Gasteiger partial charge >= 0.3 is 0 Å². The van der Waals surface area contributed by atoms with Crippen LogP contribution >= 0.6 is 0 Å². The van der Waals surface area contributed by atoms with E-state index in [-0.39, 0.29) is 19.1 Å². The molecule has 2 nitrogen and oxygen atoms in total. The van der Waals surface area contributed by atoms with Gasteiger partial charge in [-0.15, -0.1) is 0 Å². The molecule has 0 spiro atoms. The summed E-state index contributed by atoms with van der Waals surface area (Å²) in [7, 11) is 0. The molecule has 1 rings (SSSR count). The van der Waals surface area contributed by atoms with E-state index in [1.165, 1.54) is 83.5 Å². The molecule has 21 heavy (non-hydrogen) atoms. The van der Waals surface area contributed by atoms with E-state index in [4.69, 9.17) is 0 Å². The Hall–Kier alpha value is -0.0800. The van der Waals surface area contributed by atoms with Crippen molar-refractivity contribution in [1.82, 2.24) is 0 Å². The van der Waals surface area contributed by atoms with Crippen molar-refractivity contribution in [3.63, 3.8) is 0 Å². The number of aliphatic hydroxyl groups excluding tert-OH is 2. The lowest BCUT2D eigenvalue weighted by Gasteiger charge is -2.32. The average molecular weight is 299 g/mol. The molecule has 0 bridgehead atoms. The predicted octanol–water partition coefficient (Wildman–Crippen LogP) is 4.92. The first-order valence-corrected chi connectivity index (χ1v) is 9.53. The first-order valence-electron chi connectivity index (χ1n) is 9.53. The van der Waals surface area contributed by atoms with Crippen LogP contribution in [-0.2, 0) is 0 Å². The van der Waals surface area contributed by atoms with Crippen molar-refractivity contribution in [3.8, 4) is 0 Å². The molecule has 0 amide bonds. The van der Waals surface area contributed by atoms with Gasteiger partial charge in [-0.1, -0.05) is 77.6 Å². The predicted molar refractivity (Wildman–Crippen MR) is 90.3 cm³/mol. The van der Waals surface area contributed by atoms with Crippen molar-refractivity contribution < 1.29 is 10.2 Å². The second-order valence-electron chi connectivity index (χ2n) is 7.17. The van der Waals surface area contributed by atoms with E-state index < -0.39 is 0 Å². The standard InChI is InChI=1S/C19H38O2/c1-2-3-4-5-6-7-8-9-10-17-11-13-18(14-12-17)19(15-20)16-21/h17-21H,2-16H2,1H3/t17-,18-. The molecule has 0 saturated heterocycles. The second kappa shape index (κ2) is 12.5. The molecular weight excluding hydrogens is 260 g/mol.